The van der Waals surface area contributed by atoms with Crippen LogP contribution < -0.4 is 0 Å². The molecule has 0 aliphatic heterocycles. The van der Waals surface area contributed by atoms with Gasteiger partial charge in [0.2, 0.25) is 0 Å². The van der Waals surface area contributed by atoms with E-state index in [2.05, 4.69) is 0 Å². The van der Waals surface area contributed by atoms with Crippen LogP contribution in [-0.2, 0) is 0 Å². The molecular weight excluding hydrogens is 543 g/mol. The van der Waals surface area contributed by atoms with Gasteiger partial charge in [-0.2, -0.15) is 74.6 Å². The molecule has 0 bridgehead atoms. The Labute approximate surface area is 183 Å². The highest BCUT2D eigenvalue weighted by molar-refractivity contribution is 6.61. The van der Waals surface area contributed by atoms with Crippen molar-refractivity contribution >= 4 is 8.80 Å². The average Bonchev–Trinajstić information content (AvgIpc) is 2.58. The molecule has 0 heterocycles. The molecule has 1 radical (unpaired) electrons. The van der Waals surface area contributed by atoms with Crippen LogP contribution >= 0.6 is 0 Å². The smallest absolute Gasteiger partial charge is 0.200 e. The molecule has 0 aromatic rings. The molecule has 34 heavy (non-hydrogen) atoms. The summed E-state index contributed by atoms with van der Waals surface area (Å²) in [6.07, 6.45) is -10.1. The van der Waals surface area contributed by atoms with Crippen LogP contribution in [0.4, 0.5) is 74.6 Å². The maximum absolute atomic E-state index is 13.9. The molecule has 0 saturated carbocycles. The van der Waals surface area contributed by atoms with Crippen LogP contribution in [-0.4, -0.2) is 56.4 Å². The first-order chi connectivity index (χ1) is 14.5. The Hall–Kier alpha value is -0.973. The highest BCUT2D eigenvalue weighted by atomic mass is 28.3. The molecule has 0 nitrogen and oxygen atoms in total. The van der Waals surface area contributed by atoms with Crippen LogP contribution in [0, 0.1) is 0 Å². The fourth-order valence-corrected chi connectivity index (χ4v) is 5.99. The molecule has 0 aromatic carbocycles. The topological polar surface area (TPSA) is 0 Å². The molecule has 0 aliphatic rings. The molecule has 0 unspecified atom stereocenters. The van der Waals surface area contributed by atoms with Gasteiger partial charge < -0.3 is 0 Å². The Balaban J connectivity index is 6.50. The van der Waals surface area contributed by atoms with E-state index < -0.39 is 80.0 Å². The number of alkyl halides is 17. The summed E-state index contributed by atoms with van der Waals surface area (Å²) in [6, 6.07) is -0.983. The van der Waals surface area contributed by atoms with E-state index in [0.29, 0.717) is 0 Å². The fourth-order valence-electron chi connectivity index (χ4n) is 2.90. The minimum atomic E-state index is -8.58. The molecule has 0 saturated heterocycles. The molecule has 0 rings (SSSR count). The minimum absolute atomic E-state index is 0.469. The summed E-state index contributed by atoms with van der Waals surface area (Å²) >= 11 is 0. The lowest BCUT2D eigenvalue weighted by Crippen LogP contribution is -2.74. The number of hydrogen-bond acceptors (Lipinski definition) is 0. The summed E-state index contributed by atoms with van der Waals surface area (Å²) in [4.78, 5) is 0. The maximum Gasteiger partial charge on any atom is 0.460 e. The van der Waals surface area contributed by atoms with E-state index in [9.17, 15) is 74.6 Å². The van der Waals surface area contributed by atoms with E-state index >= 15 is 0 Å². The standard InChI is InChI=1S/C16H18F17Si/c1-7(2)34(8(3)4)6-5-9(17,18)10(19,20)11(21,22)12(23,24)13(25,26)14(27,28)15(29,30)16(31,32)33/h7-8H,5-6H2,1-4H3. The third-order valence-electron chi connectivity index (χ3n) is 5.00. The van der Waals surface area contributed by atoms with Crippen LogP contribution in [0.1, 0.15) is 34.1 Å². The van der Waals surface area contributed by atoms with E-state index in [-0.39, 0.29) is 0 Å². The van der Waals surface area contributed by atoms with E-state index in [1.165, 1.54) is 27.7 Å². The third-order valence-corrected chi connectivity index (χ3v) is 8.79. The Kier molecular flexibility index (Phi) is 8.89. The van der Waals surface area contributed by atoms with Crippen molar-refractivity contribution in [1.29, 1.82) is 0 Å². The van der Waals surface area contributed by atoms with Crippen molar-refractivity contribution in [3.63, 3.8) is 0 Å². The first-order valence-electron chi connectivity index (χ1n) is 9.06. The second kappa shape index (κ2) is 9.16. The number of hydrogen-bond donors (Lipinski definition) is 0. The Morgan fingerprint density at radius 2 is 0.706 bits per heavy atom. The average molecular weight is 561 g/mol. The van der Waals surface area contributed by atoms with E-state index in [1.54, 1.807) is 0 Å². The summed E-state index contributed by atoms with van der Waals surface area (Å²) in [5, 5.41) is 0. The third kappa shape index (κ3) is 4.84. The summed E-state index contributed by atoms with van der Waals surface area (Å²) < 4.78 is 225. The lowest BCUT2D eigenvalue weighted by Gasteiger charge is -2.43. The Morgan fingerprint density at radius 1 is 0.441 bits per heavy atom. The van der Waals surface area contributed by atoms with E-state index in [4.69, 9.17) is 0 Å². The molecule has 0 aliphatic carbocycles. The van der Waals surface area contributed by atoms with Gasteiger partial charge in [0, 0.05) is 6.42 Å². The SMILES string of the molecule is CC(C)[Si](CCC(F)(F)C(F)(F)C(F)(F)C(F)(F)C(F)(F)C(F)(F)C(F)(F)C(F)(F)F)C(C)C. The molecule has 0 N–H and O–H groups in total. The predicted molar refractivity (Wildman–Crippen MR) is 86.1 cm³/mol. The molecule has 0 aromatic heterocycles. The largest absolute Gasteiger partial charge is 0.460 e. The van der Waals surface area contributed by atoms with Crippen molar-refractivity contribution in [3.8, 4) is 0 Å². The minimum Gasteiger partial charge on any atom is -0.200 e. The zero-order valence-corrected chi connectivity index (χ0v) is 18.5. The zero-order chi connectivity index (χ0) is 28.1. The van der Waals surface area contributed by atoms with Crippen LogP contribution in [0.25, 0.3) is 0 Å². The van der Waals surface area contributed by atoms with Gasteiger partial charge in [-0.1, -0.05) is 44.8 Å². The normalized spacial score (nSPS) is 16.2. The molecule has 0 amide bonds. The van der Waals surface area contributed by atoms with Crippen molar-refractivity contribution in [3.05, 3.63) is 0 Å². The summed E-state index contributed by atoms with van der Waals surface area (Å²) in [5.41, 5.74) is -0.937. The molecule has 0 fully saturated rings. The van der Waals surface area contributed by atoms with Crippen LogP contribution in [0.3, 0.4) is 0 Å². The quantitative estimate of drug-likeness (QED) is 0.175. The first kappa shape index (κ1) is 33.0. The van der Waals surface area contributed by atoms with Crippen molar-refractivity contribution in [1.82, 2.24) is 0 Å². The van der Waals surface area contributed by atoms with Gasteiger partial charge in [0.05, 0.1) is 8.80 Å². The van der Waals surface area contributed by atoms with Gasteiger partial charge in [-0.15, -0.1) is 0 Å². The second-order valence-corrected chi connectivity index (χ2v) is 12.0. The summed E-state index contributed by atoms with van der Waals surface area (Å²) in [5.74, 6) is -55.7. The molecular formula is C16H18F17Si. The zero-order valence-electron chi connectivity index (χ0n) is 17.5. The monoisotopic (exact) mass is 561 g/mol. The Morgan fingerprint density at radius 3 is 0.971 bits per heavy atom. The fraction of sp³-hybridized carbons (Fsp3) is 1.00. The van der Waals surface area contributed by atoms with Crippen LogP contribution in [0.15, 0.2) is 0 Å². The molecule has 0 spiro atoms. The molecule has 18 heteroatoms. The second-order valence-electron chi connectivity index (χ2n) is 8.03. The molecule has 205 valence electrons. The molecule has 0 atom stereocenters. The van der Waals surface area contributed by atoms with Crippen LogP contribution in [0.5, 0.6) is 0 Å². The lowest BCUT2D eigenvalue weighted by molar-refractivity contribution is -0.461. The van der Waals surface area contributed by atoms with Gasteiger partial charge in [0.25, 0.3) is 0 Å². The van der Waals surface area contributed by atoms with Crippen molar-refractivity contribution < 1.29 is 74.6 Å². The first-order valence-corrected chi connectivity index (χ1v) is 10.9. The van der Waals surface area contributed by atoms with Crippen molar-refractivity contribution in [2.75, 3.05) is 0 Å². The number of halogens is 17. The van der Waals surface area contributed by atoms with Gasteiger partial charge in [0.1, 0.15) is 0 Å². The van der Waals surface area contributed by atoms with Gasteiger partial charge in [-0.05, 0) is 0 Å². The van der Waals surface area contributed by atoms with Gasteiger partial charge in [0.15, 0.2) is 0 Å². The van der Waals surface area contributed by atoms with Gasteiger partial charge >= 0.3 is 47.6 Å². The highest BCUT2D eigenvalue weighted by Crippen LogP contribution is 2.64. The summed E-state index contributed by atoms with van der Waals surface area (Å²) in [7, 11) is -2.08. The van der Waals surface area contributed by atoms with E-state index in [1.807, 2.05) is 0 Å². The number of rotatable bonds is 11. The van der Waals surface area contributed by atoms with Crippen molar-refractivity contribution in [2.24, 2.45) is 0 Å². The Bertz CT molecular complexity index is 684. The van der Waals surface area contributed by atoms with Crippen molar-refractivity contribution in [2.45, 2.75) is 98.9 Å². The van der Waals surface area contributed by atoms with Gasteiger partial charge in [-0.3, -0.25) is 0 Å². The maximum atomic E-state index is 13.9. The highest BCUT2D eigenvalue weighted by Gasteiger charge is 2.95. The van der Waals surface area contributed by atoms with Crippen LogP contribution in [0.2, 0.25) is 17.1 Å². The lowest BCUT2D eigenvalue weighted by atomic mass is 9.88. The summed E-state index contributed by atoms with van der Waals surface area (Å²) in [6.45, 7) is 5.65. The predicted octanol–water partition coefficient (Wildman–Crippen LogP) is 8.70. The van der Waals surface area contributed by atoms with E-state index in [0.717, 1.165) is 0 Å². The van der Waals surface area contributed by atoms with Gasteiger partial charge in [-0.25, -0.2) is 0 Å².